The normalized spacial score (nSPS) is 10.9. The summed E-state index contributed by atoms with van der Waals surface area (Å²) in [4.78, 5) is 52.9. The Bertz CT molecular complexity index is 1410. The highest BCUT2D eigenvalue weighted by Crippen LogP contribution is 2.30. The highest BCUT2D eigenvalue weighted by Gasteiger charge is 2.25. The third-order valence-corrected chi connectivity index (χ3v) is 5.48. The van der Waals surface area contributed by atoms with E-state index in [9.17, 15) is 14.4 Å². The molecule has 2 aromatic heterocycles. The third kappa shape index (κ3) is 4.45. The van der Waals surface area contributed by atoms with Crippen LogP contribution in [0.5, 0.6) is 0 Å². The number of carbonyl (C=O) groups excluding carboxylic acids is 2. The molecule has 2 heterocycles. The van der Waals surface area contributed by atoms with Crippen molar-refractivity contribution in [2.45, 2.75) is 26.8 Å². The largest absolute Gasteiger partial charge is 0.283 e. The fourth-order valence-corrected chi connectivity index (χ4v) is 3.83. The van der Waals surface area contributed by atoms with Crippen LogP contribution >= 0.6 is 11.6 Å². The molecule has 0 aliphatic carbocycles. The van der Waals surface area contributed by atoms with Gasteiger partial charge in [0.1, 0.15) is 0 Å². The molecule has 0 aliphatic rings. The molecule has 4 aromatic rings. The number of halogens is 1. The Morgan fingerprint density at radius 2 is 1.38 bits per heavy atom. The van der Waals surface area contributed by atoms with Crippen molar-refractivity contribution in [3.63, 3.8) is 0 Å². The first-order chi connectivity index (χ1) is 16.4. The monoisotopic (exact) mass is 475 g/mol. The van der Waals surface area contributed by atoms with E-state index in [0.717, 1.165) is 16.0 Å². The van der Waals surface area contributed by atoms with Crippen molar-refractivity contribution in [1.29, 1.82) is 0 Å². The summed E-state index contributed by atoms with van der Waals surface area (Å²) in [5.41, 5.74) is 2.25. The molecule has 0 radical (unpaired) electrons. The molecule has 4 rings (SSSR count). The van der Waals surface area contributed by atoms with Crippen molar-refractivity contribution in [1.82, 2.24) is 19.5 Å². The first kappa shape index (κ1) is 23.3. The fourth-order valence-electron chi connectivity index (χ4n) is 3.71. The molecular weight excluding hydrogens is 454 g/mol. The zero-order valence-corrected chi connectivity index (χ0v) is 19.5. The molecule has 0 N–H and O–H groups in total. The van der Waals surface area contributed by atoms with Crippen LogP contribution < -0.4 is 10.5 Å². The number of fused-ring (bicyclic) bond motifs is 1. The van der Waals surface area contributed by atoms with Gasteiger partial charge in [0, 0.05) is 37.4 Å². The standard InChI is InChI=1S/C25H22ClN5O3/c1-16(32)31(17(2)33)25-29-23-22(24(34)30(25)15-9-14-26)27-20(18-10-5-3-6-11-18)21(28-23)19-12-7-4-8-13-19/h3-8,10-13H,9,14-15H2,1-2H3. The average molecular weight is 476 g/mol. The molecule has 0 saturated heterocycles. The van der Waals surface area contributed by atoms with Crippen LogP contribution in [0.4, 0.5) is 5.95 Å². The zero-order valence-electron chi connectivity index (χ0n) is 18.7. The zero-order chi connectivity index (χ0) is 24.2. The second-order valence-corrected chi connectivity index (χ2v) is 7.99. The Morgan fingerprint density at radius 3 is 1.88 bits per heavy atom. The highest BCUT2D eigenvalue weighted by molar-refractivity contribution is 6.17. The van der Waals surface area contributed by atoms with Crippen molar-refractivity contribution in [2.24, 2.45) is 0 Å². The number of carbonyl (C=O) groups is 2. The molecule has 2 aromatic carbocycles. The molecule has 0 bridgehead atoms. The van der Waals surface area contributed by atoms with Gasteiger partial charge in [-0.1, -0.05) is 60.7 Å². The summed E-state index contributed by atoms with van der Waals surface area (Å²) >= 11 is 5.86. The lowest BCUT2D eigenvalue weighted by molar-refractivity contribution is -0.124. The molecule has 0 saturated carbocycles. The van der Waals surface area contributed by atoms with Crippen molar-refractivity contribution >= 4 is 40.5 Å². The number of anilines is 1. The molecule has 0 aliphatic heterocycles. The smallest absolute Gasteiger partial charge is 0.276 e. The van der Waals surface area contributed by atoms with Crippen molar-refractivity contribution in [2.75, 3.05) is 10.8 Å². The molecular formula is C25H22ClN5O3. The molecule has 0 atom stereocenters. The second kappa shape index (κ2) is 9.93. The maximum Gasteiger partial charge on any atom is 0.283 e. The first-order valence-corrected chi connectivity index (χ1v) is 11.3. The van der Waals surface area contributed by atoms with E-state index in [1.54, 1.807) is 0 Å². The van der Waals surface area contributed by atoms with Gasteiger partial charge in [-0.25, -0.2) is 14.9 Å². The van der Waals surface area contributed by atoms with Gasteiger partial charge in [0.05, 0.1) is 11.4 Å². The quantitative estimate of drug-likeness (QED) is 0.390. The summed E-state index contributed by atoms with van der Waals surface area (Å²) in [6, 6.07) is 18.9. The lowest BCUT2D eigenvalue weighted by Crippen LogP contribution is -2.39. The predicted octanol–water partition coefficient (Wildman–Crippen LogP) is 4.05. The van der Waals surface area contributed by atoms with E-state index in [4.69, 9.17) is 21.6 Å². The predicted molar refractivity (Wildman–Crippen MR) is 132 cm³/mol. The van der Waals surface area contributed by atoms with E-state index in [2.05, 4.69) is 4.98 Å². The van der Waals surface area contributed by atoms with Gasteiger partial charge in [0.25, 0.3) is 5.56 Å². The van der Waals surface area contributed by atoms with Crippen molar-refractivity contribution in [3.8, 4) is 22.5 Å². The van der Waals surface area contributed by atoms with E-state index >= 15 is 0 Å². The molecule has 0 spiro atoms. The van der Waals surface area contributed by atoms with E-state index in [1.807, 2.05) is 60.7 Å². The number of amides is 2. The molecule has 0 unspecified atom stereocenters. The molecule has 2 amide bonds. The van der Waals surface area contributed by atoms with E-state index < -0.39 is 17.4 Å². The summed E-state index contributed by atoms with van der Waals surface area (Å²) in [7, 11) is 0. The van der Waals surface area contributed by atoms with Crippen LogP contribution in [0.25, 0.3) is 33.7 Å². The molecule has 172 valence electrons. The number of hydrogen-bond donors (Lipinski definition) is 0. The summed E-state index contributed by atoms with van der Waals surface area (Å²) < 4.78 is 1.26. The minimum Gasteiger partial charge on any atom is -0.276 e. The Hall–Kier alpha value is -3.91. The summed E-state index contributed by atoms with van der Waals surface area (Å²) in [5, 5.41) is 0. The lowest BCUT2D eigenvalue weighted by Gasteiger charge is -2.21. The average Bonchev–Trinajstić information content (AvgIpc) is 2.84. The summed E-state index contributed by atoms with van der Waals surface area (Å²) in [6.45, 7) is 2.65. The van der Waals surface area contributed by atoms with Crippen LogP contribution in [0, 0.1) is 0 Å². The minimum atomic E-state index is -0.560. The minimum absolute atomic E-state index is 0.0453. The van der Waals surface area contributed by atoms with E-state index in [1.165, 1.54) is 18.4 Å². The Labute approximate surface area is 200 Å². The number of alkyl halides is 1. The van der Waals surface area contributed by atoms with Gasteiger partial charge in [0.2, 0.25) is 17.8 Å². The Morgan fingerprint density at radius 1 is 0.853 bits per heavy atom. The van der Waals surface area contributed by atoms with Crippen LogP contribution in [0.3, 0.4) is 0 Å². The second-order valence-electron chi connectivity index (χ2n) is 7.61. The fraction of sp³-hybridized carbons (Fsp3) is 0.200. The Kier molecular flexibility index (Phi) is 6.79. The number of aromatic nitrogens is 4. The van der Waals surface area contributed by atoms with Crippen molar-refractivity contribution < 1.29 is 9.59 Å². The number of hydrogen-bond acceptors (Lipinski definition) is 6. The van der Waals surface area contributed by atoms with Crippen LogP contribution in [0.15, 0.2) is 65.5 Å². The van der Waals surface area contributed by atoms with Crippen molar-refractivity contribution in [3.05, 3.63) is 71.0 Å². The summed E-state index contributed by atoms with van der Waals surface area (Å²) in [5.74, 6) is -0.924. The summed E-state index contributed by atoms with van der Waals surface area (Å²) in [6.07, 6.45) is 0.437. The maximum absolute atomic E-state index is 13.6. The highest BCUT2D eigenvalue weighted by atomic mass is 35.5. The van der Waals surface area contributed by atoms with Gasteiger partial charge in [0.15, 0.2) is 11.2 Å². The number of benzene rings is 2. The van der Waals surface area contributed by atoms with Gasteiger partial charge in [-0.15, -0.1) is 11.6 Å². The van der Waals surface area contributed by atoms with Crippen LogP contribution in [-0.4, -0.2) is 37.2 Å². The topological polar surface area (TPSA) is 98.1 Å². The Balaban J connectivity index is 2.08. The maximum atomic E-state index is 13.6. The van der Waals surface area contributed by atoms with E-state index in [-0.39, 0.29) is 29.5 Å². The van der Waals surface area contributed by atoms with Crippen LogP contribution in [-0.2, 0) is 16.1 Å². The van der Waals surface area contributed by atoms with Crippen LogP contribution in [0.1, 0.15) is 20.3 Å². The number of imide groups is 1. The van der Waals surface area contributed by atoms with Crippen LogP contribution in [0.2, 0.25) is 0 Å². The third-order valence-electron chi connectivity index (χ3n) is 5.21. The van der Waals surface area contributed by atoms with Gasteiger partial charge in [-0.05, 0) is 6.42 Å². The lowest BCUT2D eigenvalue weighted by atomic mass is 10.0. The number of rotatable bonds is 6. The van der Waals surface area contributed by atoms with Gasteiger partial charge < -0.3 is 0 Å². The van der Waals surface area contributed by atoms with Gasteiger partial charge in [-0.2, -0.15) is 4.98 Å². The number of nitrogens with zero attached hydrogens (tertiary/aromatic N) is 5. The molecule has 34 heavy (non-hydrogen) atoms. The van der Waals surface area contributed by atoms with Gasteiger partial charge in [-0.3, -0.25) is 19.0 Å². The molecule has 0 fully saturated rings. The molecule has 8 nitrogen and oxygen atoms in total. The van der Waals surface area contributed by atoms with E-state index in [0.29, 0.717) is 17.8 Å². The molecule has 9 heteroatoms. The first-order valence-electron chi connectivity index (χ1n) is 10.7. The van der Waals surface area contributed by atoms with Gasteiger partial charge >= 0.3 is 0 Å². The SMILES string of the molecule is CC(=O)N(C(C)=O)c1nc2nc(-c3ccccc3)c(-c3ccccc3)nc2c(=O)n1CCCCl.